The number of ether oxygens (including phenoxy) is 1. The smallest absolute Gasteiger partial charge is 0.419 e. The second kappa shape index (κ2) is 6.20. The summed E-state index contributed by atoms with van der Waals surface area (Å²) in [5.41, 5.74) is 1.50. The molecule has 0 saturated heterocycles. The van der Waals surface area contributed by atoms with E-state index in [0.29, 0.717) is 0 Å². The van der Waals surface area contributed by atoms with E-state index in [2.05, 4.69) is 0 Å². The Hall–Kier alpha value is -1.07. The lowest BCUT2D eigenvalue weighted by molar-refractivity contribution is 0.158. The molecule has 1 aliphatic rings. The number of anilines is 2. The minimum Gasteiger partial charge on any atom is -0.444 e. The van der Waals surface area contributed by atoms with Crippen LogP contribution in [0.25, 0.3) is 0 Å². The highest BCUT2D eigenvalue weighted by Crippen LogP contribution is 2.48. The molecule has 0 unspecified atom stereocenters. The van der Waals surface area contributed by atoms with Gasteiger partial charge in [0.05, 0.1) is 11.4 Å². The molecular formula is C15H10Cl3NO2S. The van der Waals surface area contributed by atoms with Gasteiger partial charge < -0.3 is 4.74 Å². The number of benzene rings is 2. The van der Waals surface area contributed by atoms with Crippen molar-refractivity contribution in [2.45, 2.75) is 13.6 Å². The van der Waals surface area contributed by atoms with Crippen LogP contribution in [0, 0.1) is 0 Å². The van der Waals surface area contributed by atoms with Crippen molar-refractivity contribution in [1.82, 2.24) is 0 Å². The molecule has 7 heteroatoms. The molecule has 1 aliphatic heterocycles. The van der Waals surface area contributed by atoms with Crippen LogP contribution in [0.2, 0.25) is 0 Å². The van der Waals surface area contributed by atoms with Crippen LogP contribution >= 0.6 is 46.6 Å². The predicted octanol–water partition coefficient (Wildman–Crippen LogP) is 5.80. The average molecular weight is 375 g/mol. The predicted molar refractivity (Wildman–Crippen MR) is 90.8 cm³/mol. The zero-order valence-electron chi connectivity index (χ0n) is 11.1. The first-order valence-corrected chi connectivity index (χ1v) is 8.30. The van der Waals surface area contributed by atoms with Gasteiger partial charge in [0, 0.05) is 9.79 Å². The van der Waals surface area contributed by atoms with E-state index in [0.717, 1.165) is 21.2 Å². The van der Waals surface area contributed by atoms with Gasteiger partial charge in [0.25, 0.3) is 0 Å². The number of hydrogen-bond donors (Lipinski definition) is 0. The number of carbonyl (C=O) groups is 1. The zero-order chi connectivity index (χ0) is 15.7. The van der Waals surface area contributed by atoms with Gasteiger partial charge in [-0.1, -0.05) is 70.8 Å². The van der Waals surface area contributed by atoms with Crippen LogP contribution in [0.5, 0.6) is 0 Å². The number of alkyl halides is 3. The number of amides is 1. The molecule has 0 fully saturated rings. The summed E-state index contributed by atoms with van der Waals surface area (Å²) in [6.45, 7) is -0.315. The maximum atomic E-state index is 12.5. The fourth-order valence-electron chi connectivity index (χ4n) is 2.11. The Morgan fingerprint density at radius 3 is 2.00 bits per heavy atom. The molecule has 0 aliphatic carbocycles. The van der Waals surface area contributed by atoms with Crippen molar-refractivity contribution in [2.75, 3.05) is 11.5 Å². The fourth-order valence-corrected chi connectivity index (χ4v) is 3.33. The van der Waals surface area contributed by atoms with E-state index in [9.17, 15) is 4.79 Å². The molecule has 3 nitrogen and oxygen atoms in total. The summed E-state index contributed by atoms with van der Waals surface area (Å²) in [4.78, 5) is 15.9. The summed E-state index contributed by atoms with van der Waals surface area (Å²) in [6, 6.07) is 15.2. The van der Waals surface area contributed by atoms with Crippen LogP contribution in [0.3, 0.4) is 0 Å². The Morgan fingerprint density at radius 2 is 1.50 bits per heavy atom. The molecule has 2 aromatic carbocycles. The van der Waals surface area contributed by atoms with E-state index in [1.807, 2.05) is 48.5 Å². The first-order valence-electron chi connectivity index (χ1n) is 6.35. The summed E-state index contributed by atoms with van der Waals surface area (Å²) in [6.07, 6.45) is -0.577. The summed E-state index contributed by atoms with van der Waals surface area (Å²) < 4.78 is 3.50. The lowest BCUT2D eigenvalue weighted by Crippen LogP contribution is -2.31. The molecule has 1 heterocycles. The topological polar surface area (TPSA) is 29.5 Å². The van der Waals surface area contributed by atoms with Crippen molar-refractivity contribution < 1.29 is 9.53 Å². The second-order valence-electron chi connectivity index (χ2n) is 4.54. The zero-order valence-corrected chi connectivity index (χ0v) is 14.2. The van der Waals surface area contributed by atoms with Crippen LogP contribution in [0.4, 0.5) is 16.2 Å². The minimum absolute atomic E-state index is 0.315. The third kappa shape index (κ3) is 3.30. The lowest BCUT2D eigenvalue weighted by Gasteiger charge is -2.30. The summed E-state index contributed by atoms with van der Waals surface area (Å²) in [5, 5.41) is 0. The standard InChI is InChI=1S/C15H10Cl3NO2S/c16-15(17,18)9-21-14(20)19-10-5-1-3-7-12(10)22-13-8-4-2-6-11(13)19/h1-8H,9H2. The van der Waals surface area contributed by atoms with Crippen molar-refractivity contribution in [2.24, 2.45) is 0 Å². The van der Waals surface area contributed by atoms with Crippen LogP contribution in [-0.4, -0.2) is 16.5 Å². The van der Waals surface area contributed by atoms with E-state index < -0.39 is 9.89 Å². The van der Waals surface area contributed by atoms with Gasteiger partial charge >= 0.3 is 6.09 Å². The summed E-state index contributed by atoms with van der Waals surface area (Å²) in [7, 11) is 0. The van der Waals surface area contributed by atoms with Crippen molar-refractivity contribution in [3.8, 4) is 0 Å². The van der Waals surface area contributed by atoms with Gasteiger partial charge in [0.15, 0.2) is 0 Å². The molecule has 114 valence electrons. The molecule has 0 bridgehead atoms. The van der Waals surface area contributed by atoms with Crippen molar-refractivity contribution in [3.05, 3.63) is 48.5 Å². The summed E-state index contributed by atoms with van der Waals surface area (Å²) >= 11 is 18.5. The molecule has 0 saturated carbocycles. The van der Waals surface area contributed by atoms with Crippen LogP contribution in [0.1, 0.15) is 0 Å². The Bertz CT molecular complexity index is 672. The lowest BCUT2D eigenvalue weighted by atomic mass is 10.2. The molecule has 2 aromatic rings. The second-order valence-corrected chi connectivity index (χ2v) is 8.14. The molecule has 3 rings (SSSR count). The number of hydrogen-bond acceptors (Lipinski definition) is 3. The van der Waals surface area contributed by atoms with Crippen LogP contribution < -0.4 is 4.90 Å². The Kier molecular flexibility index (Phi) is 4.46. The van der Waals surface area contributed by atoms with Gasteiger partial charge in [0.1, 0.15) is 6.61 Å². The normalized spacial score (nSPS) is 13.3. The van der Waals surface area contributed by atoms with E-state index in [1.165, 1.54) is 4.90 Å². The molecule has 0 N–H and O–H groups in total. The highest BCUT2D eigenvalue weighted by Gasteiger charge is 2.31. The number of nitrogens with zero attached hydrogens (tertiary/aromatic N) is 1. The number of carbonyl (C=O) groups excluding carboxylic acids is 1. The molecular weight excluding hydrogens is 365 g/mol. The number of halogens is 3. The molecule has 1 amide bonds. The highest BCUT2D eigenvalue weighted by molar-refractivity contribution is 7.99. The number of fused-ring (bicyclic) bond motifs is 2. The molecule has 0 spiro atoms. The van der Waals surface area contributed by atoms with Gasteiger partial charge in [-0.2, -0.15) is 0 Å². The van der Waals surface area contributed by atoms with Gasteiger partial charge in [0.2, 0.25) is 3.79 Å². The van der Waals surface area contributed by atoms with Crippen molar-refractivity contribution in [3.63, 3.8) is 0 Å². The molecule has 0 atom stereocenters. The van der Waals surface area contributed by atoms with E-state index in [4.69, 9.17) is 39.5 Å². The quantitative estimate of drug-likeness (QED) is 0.591. The van der Waals surface area contributed by atoms with Crippen molar-refractivity contribution in [1.29, 1.82) is 0 Å². The highest BCUT2D eigenvalue weighted by atomic mass is 35.6. The van der Waals surface area contributed by atoms with Gasteiger partial charge in [-0.15, -0.1) is 0 Å². The Labute approximate surface area is 147 Å². The minimum atomic E-state index is -1.64. The Morgan fingerprint density at radius 1 is 1.00 bits per heavy atom. The molecule has 0 aromatic heterocycles. The largest absolute Gasteiger partial charge is 0.444 e. The summed E-state index contributed by atoms with van der Waals surface area (Å²) in [5.74, 6) is 0. The van der Waals surface area contributed by atoms with Crippen LogP contribution in [0.15, 0.2) is 58.3 Å². The monoisotopic (exact) mass is 373 g/mol. The average Bonchev–Trinajstić information content (AvgIpc) is 2.49. The SMILES string of the molecule is O=C(OCC(Cl)(Cl)Cl)N1c2ccccc2Sc2ccccc21. The van der Waals surface area contributed by atoms with Crippen LogP contribution in [-0.2, 0) is 4.74 Å². The first kappa shape index (κ1) is 15.8. The van der Waals surface area contributed by atoms with Gasteiger partial charge in [-0.05, 0) is 24.3 Å². The van der Waals surface area contributed by atoms with Gasteiger partial charge in [-0.3, -0.25) is 0 Å². The fraction of sp³-hybridized carbons (Fsp3) is 0.133. The van der Waals surface area contributed by atoms with E-state index >= 15 is 0 Å². The third-order valence-electron chi connectivity index (χ3n) is 2.97. The molecule has 0 radical (unpaired) electrons. The van der Waals surface area contributed by atoms with Gasteiger partial charge in [-0.25, -0.2) is 9.69 Å². The molecule has 22 heavy (non-hydrogen) atoms. The van der Waals surface area contributed by atoms with Crippen molar-refractivity contribution >= 4 is 64.0 Å². The number of para-hydroxylation sites is 2. The van der Waals surface area contributed by atoms with E-state index in [-0.39, 0.29) is 6.61 Å². The first-order chi connectivity index (χ1) is 10.5. The Balaban J connectivity index is 1.98. The maximum absolute atomic E-state index is 12.5. The third-order valence-corrected chi connectivity index (χ3v) is 4.43. The number of rotatable bonds is 1. The van der Waals surface area contributed by atoms with E-state index in [1.54, 1.807) is 11.8 Å². The maximum Gasteiger partial charge on any atom is 0.419 e.